The molecule has 1 aliphatic heterocycles. The Bertz CT molecular complexity index is 1760. The van der Waals surface area contributed by atoms with Gasteiger partial charge in [0.2, 0.25) is 0 Å². The predicted octanol–water partition coefficient (Wildman–Crippen LogP) is 6.22. The van der Waals surface area contributed by atoms with Crippen LogP contribution in [0.2, 0.25) is 0 Å². The Hall–Kier alpha value is -3.19. The Kier molecular flexibility index (Phi) is 3.69. The first kappa shape index (κ1) is 18.4. The maximum atomic E-state index is 6.62. The molecule has 0 saturated carbocycles. The Morgan fingerprint density at radius 2 is 1.34 bits per heavy atom. The van der Waals surface area contributed by atoms with Crippen molar-refractivity contribution in [2.24, 2.45) is 7.05 Å². The molecule has 1 nitrogen and oxygen atoms in total. The normalized spacial score (nSPS) is 17.2. The number of aromatic nitrogens is 1. The monoisotopic (exact) mass is 445 g/mol. The summed E-state index contributed by atoms with van der Waals surface area (Å²) in [6.45, 7) is 0. The van der Waals surface area contributed by atoms with Gasteiger partial charge in [0.1, 0.15) is 0 Å². The minimum absolute atomic E-state index is 1.26. The molecule has 5 aromatic carbocycles. The van der Waals surface area contributed by atoms with Crippen molar-refractivity contribution in [3.63, 3.8) is 0 Å². The third-order valence-electron chi connectivity index (χ3n) is 6.99. The molecular weight excluding hydrogens is 425 g/mol. The van der Waals surface area contributed by atoms with Gasteiger partial charge in [-0.15, -0.1) is 0 Å². The molecule has 0 radical (unpaired) electrons. The first-order valence-electron chi connectivity index (χ1n) is 10.9. The summed E-state index contributed by atoms with van der Waals surface area (Å²) in [5.41, 5.74) is 5.18. The SMILES string of the molecule is Cn1c2cc3ccccc3cc2c2c3c(ccc21)P(=S)(c1ccccc1)c1ccccc1-3. The van der Waals surface area contributed by atoms with Crippen molar-refractivity contribution >= 4 is 66.3 Å². The molecule has 1 unspecified atom stereocenters. The fourth-order valence-corrected chi connectivity index (χ4v) is 9.87. The predicted molar refractivity (Wildman–Crippen MR) is 143 cm³/mol. The van der Waals surface area contributed by atoms with Gasteiger partial charge >= 0.3 is 0 Å². The molecule has 0 N–H and O–H groups in total. The summed E-state index contributed by atoms with van der Waals surface area (Å²) in [5.74, 6) is 0. The van der Waals surface area contributed by atoms with Gasteiger partial charge in [0.05, 0.1) is 0 Å². The maximum Gasteiger partial charge on any atom is 0.0495 e. The number of benzene rings is 5. The zero-order chi connectivity index (χ0) is 21.4. The molecule has 0 bridgehead atoms. The van der Waals surface area contributed by atoms with Crippen molar-refractivity contribution in [2.75, 3.05) is 0 Å². The smallest absolute Gasteiger partial charge is 0.0495 e. The molecule has 32 heavy (non-hydrogen) atoms. The molecule has 152 valence electrons. The van der Waals surface area contributed by atoms with Crippen molar-refractivity contribution in [1.82, 2.24) is 4.57 Å². The molecule has 7 rings (SSSR count). The van der Waals surface area contributed by atoms with Crippen molar-refractivity contribution < 1.29 is 0 Å². The first-order valence-corrected chi connectivity index (χ1v) is 13.7. The largest absolute Gasteiger partial charge is 0.344 e. The van der Waals surface area contributed by atoms with Gasteiger partial charge in [0, 0.05) is 51.1 Å². The molecule has 0 fully saturated rings. The molecule has 0 amide bonds. The van der Waals surface area contributed by atoms with Gasteiger partial charge < -0.3 is 4.57 Å². The second-order valence-corrected chi connectivity index (χ2v) is 12.9. The number of fused-ring (bicyclic) bond motifs is 8. The Labute approximate surface area is 191 Å². The van der Waals surface area contributed by atoms with Crippen LogP contribution in [0.15, 0.2) is 103 Å². The van der Waals surface area contributed by atoms with Crippen LogP contribution in [-0.4, -0.2) is 4.57 Å². The lowest BCUT2D eigenvalue weighted by molar-refractivity contribution is 1.02. The summed E-state index contributed by atoms with van der Waals surface area (Å²) >= 11 is 6.62. The summed E-state index contributed by atoms with van der Waals surface area (Å²) in [7, 11) is 2.18. The van der Waals surface area contributed by atoms with Gasteiger partial charge in [-0.2, -0.15) is 0 Å². The number of rotatable bonds is 1. The highest BCUT2D eigenvalue weighted by atomic mass is 32.4. The quantitative estimate of drug-likeness (QED) is 0.272. The van der Waals surface area contributed by atoms with E-state index in [4.69, 9.17) is 11.8 Å². The van der Waals surface area contributed by atoms with E-state index in [1.807, 2.05) is 0 Å². The number of aryl methyl sites for hydroxylation is 1. The molecule has 1 atom stereocenters. The third kappa shape index (κ3) is 2.21. The van der Waals surface area contributed by atoms with Crippen LogP contribution in [-0.2, 0) is 18.9 Å². The highest BCUT2D eigenvalue weighted by Crippen LogP contribution is 2.55. The van der Waals surface area contributed by atoms with Crippen molar-refractivity contribution in [3.8, 4) is 11.1 Å². The van der Waals surface area contributed by atoms with Crippen molar-refractivity contribution in [2.45, 2.75) is 0 Å². The first-order chi connectivity index (χ1) is 15.7. The van der Waals surface area contributed by atoms with E-state index in [0.29, 0.717) is 0 Å². The molecule has 0 spiro atoms. The van der Waals surface area contributed by atoms with E-state index in [9.17, 15) is 0 Å². The van der Waals surface area contributed by atoms with Crippen LogP contribution in [0.5, 0.6) is 0 Å². The van der Waals surface area contributed by atoms with Crippen LogP contribution in [0.4, 0.5) is 0 Å². The second kappa shape index (κ2) is 6.42. The Balaban J connectivity index is 1.70. The van der Waals surface area contributed by atoms with Gasteiger partial charge in [-0.3, -0.25) is 0 Å². The highest BCUT2D eigenvalue weighted by molar-refractivity contribution is 8.26. The van der Waals surface area contributed by atoms with E-state index in [0.717, 1.165) is 0 Å². The van der Waals surface area contributed by atoms with Crippen LogP contribution in [0.1, 0.15) is 0 Å². The van der Waals surface area contributed by atoms with Gasteiger partial charge in [-0.05, 0) is 39.8 Å². The average molecular weight is 446 g/mol. The summed E-state index contributed by atoms with van der Waals surface area (Å²) in [6.07, 6.45) is 0. The minimum Gasteiger partial charge on any atom is -0.344 e. The Morgan fingerprint density at radius 3 is 2.16 bits per heavy atom. The molecule has 2 heterocycles. The van der Waals surface area contributed by atoms with Crippen LogP contribution in [0.25, 0.3) is 43.7 Å². The second-order valence-electron chi connectivity index (χ2n) is 8.59. The van der Waals surface area contributed by atoms with E-state index >= 15 is 0 Å². The molecule has 6 aromatic rings. The van der Waals surface area contributed by atoms with Crippen molar-refractivity contribution in [1.29, 1.82) is 0 Å². The van der Waals surface area contributed by atoms with Crippen LogP contribution < -0.4 is 15.9 Å². The summed E-state index contributed by atoms with van der Waals surface area (Å²) < 4.78 is 2.34. The van der Waals surface area contributed by atoms with E-state index in [1.165, 1.54) is 59.6 Å². The topological polar surface area (TPSA) is 4.93 Å². The van der Waals surface area contributed by atoms with Crippen LogP contribution in [0, 0.1) is 0 Å². The number of nitrogens with zero attached hydrogens (tertiary/aromatic N) is 1. The van der Waals surface area contributed by atoms with Gasteiger partial charge in [-0.1, -0.05) is 96.7 Å². The summed E-state index contributed by atoms with van der Waals surface area (Å²) in [6, 6.07) is 35.4. The number of hydrogen-bond donors (Lipinski definition) is 0. The standard InChI is InChI=1S/C29H20NPS/c1-30-24-15-16-27-29(28(24)23-17-19-9-5-6-10-20(19)18-25(23)30)22-13-7-8-14-26(22)31(27,32)21-11-3-2-4-12-21/h2-18H,1H3. The van der Waals surface area contributed by atoms with Crippen LogP contribution >= 0.6 is 6.04 Å². The summed E-state index contributed by atoms with van der Waals surface area (Å²) in [4.78, 5) is 0. The summed E-state index contributed by atoms with van der Waals surface area (Å²) in [5, 5.41) is 9.11. The van der Waals surface area contributed by atoms with E-state index in [-0.39, 0.29) is 0 Å². The zero-order valence-electron chi connectivity index (χ0n) is 17.6. The van der Waals surface area contributed by atoms with Gasteiger partial charge in [0.15, 0.2) is 0 Å². The van der Waals surface area contributed by atoms with E-state index in [2.05, 4.69) is 115 Å². The molecule has 0 saturated heterocycles. The fourth-order valence-electron chi connectivity index (χ4n) is 5.51. The molecule has 3 heteroatoms. The zero-order valence-corrected chi connectivity index (χ0v) is 19.3. The van der Waals surface area contributed by atoms with Gasteiger partial charge in [-0.25, -0.2) is 0 Å². The maximum absolute atomic E-state index is 6.62. The average Bonchev–Trinajstić information content (AvgIpc) is 3.28. The lowest BCUT2D eigenvalue weighted by Crippen LogP contribution is -2.20. The minimum atomic E-state index is -2.10. The van der Waals surface area contributed by atoms with Gasteiger partial charge in [0.25, 0.3) is 0 Å². The number of hydrogen-bond acceptors (Lipinski definition) is 1. The van der Waals surface area contributed by atoms with Crippen LogP contribution in [0.3, 0.4) is 0 Å². The lowest BCUT2D eigenvalue weighted by atomic mass is 9.98. The highest BCUT2D eigenvalue weighted by Gasteiger charge is 2.37. The molecule has 1 aromatic heterocycles. The third-order valence-corrected chi connectivity index (χ3v) is 11.9. The molecule has 1 aliphatic rings. The van der Waals surface area contributed by atoms with Crippen molar-refractivity contribution in [3.05, 3.63) is 103 Å². The fraction of sp³-hybridized carbons (Fsp3) is 0.0345. The van der Waals surface area contributed by atoms with E-state index < -0.39 is 6.04 Å². The van der Waals surface area contributed by atoms with E-state index in [1.54, 1.807) is 0 Å². The molecule has 0 aliphatic carbocycles. The Morgan fingerprint density at radius 1 is 0.656 bits per heavy atom. The lowest BCUT2D eigenvalue weighted by Gasteiger charge is -2.19. The molecular formula is C29H20NPS.